The van der Waals surface area contributed by atoms with Gasteiger partial charge in [0.25, 0.3) is 0 Å². The van der Waals surface area contributed by atoms with Crippen molar-refractivity contribution < 1.29 is 24.4 Å². The van der Waals surface area contributed by atoms with Crippen molar-refractivity contribution in [1.82, 2.24) is 0 Å². The number of aliphatic carboxylic acids is 1. The second-order valence-corrected chi connectivity index (χ2v) is 7.39. The average Bonchev–Trinajstić information content (AvgIpc) is 2.38. The number of carbonyl (C=O) groups is 2. The lowest BCUT2D eigenvalue weighted by Crippen LogP contribution is -2.38. The van der Waals surface area contributed by atoms with Crippen molar-refractivity contribution >= 4 is 11.9 Å². The number of nitrogens with zero attached hydrogens (tertiary/aromatic N) is 1. The zero-order chi connectivity index (χ0) is 18.7. The van der Waals surface area contributed by atoms with Crippen LogP contribution in [0.15, 0.2) is 11.1 Å². The lowest BCUT2D eigenvalue weighted by Gasteiger charge is -2.40. The van der Waals surface area contributed by atoms with E-state index in [1.807, 2.05) is 20.8 Å². The van der Waals surface area contributed by atoms with E-state index in [0.717, 1.165) is 11.1 Å². The minimum atomic E-state index is -0.998. The fraction of sp³-hybridized carbons (Fsp3) is 0.765. The Morgan fingerprint density at radius 2 is 2.04 bits per heavy atom. The SMILES string of the molecule is CC(=O)OC(CC1=C(C)CC(CC(=O)O)CC1(C)C)C(C)[N+](=O)[O-]. The smallest absolute Gasteiger partial charge is 0.303 e. The summed E-state index contributed by atoms with van der Waals surface area (Å²) < 4.78 is 5.20. The quantitative estimate of drug-likeness (QED) is 0.330. The molecule has 136 valence electrons. The summed E-state index contributed by atoms with van der Waals surface area (Å²) in [5, 5.41) is 20.1. The van der Waals surface area contributed by atoms with E-state index in [9.17, 15) is 19.7 Å². The number of carboxylic acids is 1. The molecule has 0 saturated carbocycles. The molecule has 0 aromatic rings. The molecule has 1 rings (SSSR count). The van der Waals surface area contributed by atoms with Crippen LogP contribution < -0.4 is 0 Å². The topological polar surface area (TPSA) is 107 Å². The number of ether oxygens (including phenoxy) is 1. The second-order valence-electron chi connectivity index (χ2n) is 7.39. The van der Waals surface area contributed by atoms with Crippen LogP contribution in [0.5, 0.6) is 0 Å². The van der Waals surface area contributed by atoms with Crippen molar-refractivity contribution in [3.8, 4) is 0 Å². The number of allylic oxidation sites excluding steroid dienone is 1. The van der Waals surface area contributed by atoms with Crippen LogP contribution in [0.3, 0.4) is 0 Å². The molecule has 0 fully saturated rings. The largest absolute Gasteiger partial charge is 0.481 e. The average molecular weight is 341 g/mol. The summed E-state index contributed by atoms with van der Waals surface area (Å²) in [5.41, 5.74) is 1.80. The van der Waals surface area contributed by atoms with Crippen molar-refractivity contribution in [3.05, 3.63) is 21.3 Å². The van der Waals surface area contributed by atoms with Gasteiger partial charge in [-0.05, 0) is 31.1 Å². The number of hydrogen-bond donors (Lipinski definition) is 1. The van der Waals surface area contributed by atoms with Crippen LogP contribution in [0.2, 0.25) is 0 Å². The lowest BCUT2D eigenvalue weighted by atomic mass is 9.66. The van der Waals surface area contributed by atoms with Gasteiger partial charge in [-0.2, -0.15) is 0 Å². The van der Waals surface area contributed by atoms with Gasteiger partial charge in [-0.1, -0.05) is 25.0 Å². The summed E-state index contributed by atoms with van der Waals surface area (Å²) in [4.78, 5) is 33.0. The van der Waals surface area contributed by atoms with E-state index in [2.05, 4.69) is 0 Å². The molecule has 1 N–H and O–H groups in total. The zero-order valence-corrected chi connectivity index (χ0v) is 15.0. The van der Waals surface area contributed by atoms with E-state index >= 15 is 0 Å². The summed E-state index contributed by atoms with van der Waals surface area (Å²) >= 11 is 0. The van der Waals surface area contributed by atoms with E-state index in [1.165, 1.54) is 13.8 Å². The molecule has 0 heterocycles. The maximum absolute atomic E-state index is 11.3. The fourth-order valence-electron chi connectivity index (χ4n) is 3.75. The van der Waals surface area contributed by atoms with Crippen LogP contribution in [0, 0.1) is 21.4 Å². The minimum absolute atomic E-state index is 0.0568. The summed E-state index contributed by atoms with van der Waals surface area (Å²) in [6.45, 7) is 8.65. The highest BCUT2D eigenvalue weighted by Crippen LogP contribution is 2.46. The molecule has 0 aliphatic heterocycles. The van der Waals surface area contributed by atoms with Crippen LogP contribution in [0.1, 0.15) is 60.3 Å². The molecule has 0 radical (unpaired) electrons. The van der Waals surface area contributed by atoms with Gasteiger partial charge in [-0.3, -0.25) is 19.7 Å². The first kappa shape index (κ1) is 20.1. The molecule has 0 aromatic heterocycles. The van der Waals surface area contributed by atoms with E-state index in [0.29, 0.717) is 19.3 Å². The predicted octanol–water partition coefficient (Wildman–Crippen LogP) is 3.20. The summed E-state index contributed by atoms with van der Waals surface area (Å²) in [6.07, 6.45) is 0.960. The van der Waals surface area contributed by atoms with Gasteiger partial charge in [0.05, 0.1) is 0 Å². The molecule has 0 aromatic carbocycles. The molecule has 1 aliphatic rings. The summed E-state index contributed by atoms with van der Waals surface area (Å²) in [7, 11) is 0. The molecule has 7 nitrogen and oxygen atoms in total. The molecule has 3 atom stereocenters. The summed E-state index contributed by atoms with van der Waals surface area (Å²) in [5.74, 6) is -1.29. The highest BCUT2D eigenvalue weighted by atomic mass is 16.6. The standard InChI is InChI=1S/C17H27NO6/c1-10-6-13(7-16(20)21)9-17(4,5)14(10)8-15(24-12(3)19)11(2)18(22)23/h11,13,15H,6-9H2,1-5H3,(H,20,21). The maximum atomic E-state index is 11.3. The molecule has 24 heavy (non-hydrogen) atoms. The third-order valence-electron chi connectivity index (χ3n) is 4.78. The van der Waals surface area contributed by atoms with E-state index < -0.39 is 29.0 Å². The number of hydrogen-bond acceptors (Lipinski definition) is 5. The predicted molar refractivity (Wildman–Crippen MR) is 88.1 cm³/mol. The van der Waals surface area contributed by atoms with Gasteiger partial charge in [0, 0.05) is 31.6 Å². The Kier molecular flexibility index (Phi) is 6.51. The van der Waals surface area contributed by atoms with Gasteiger partial charge >= 0.3 is 11.9 Å². The van der Waals surface area contributed by atoms with Crippen molar-refractivity contribution in [2.75, 3.05) is 0 Å². The third kappa shape index (κ3) is 5.32. The van der Waals surface area contributed by atoms with Crippen LogP contribution in [0.4, 0.5) is 0 Å². The lowest BCUT2D eigenvalue weighted by molar-refractivity contribution is -0.529. The molecule has 0 spiro atoms. The molecular formula is C17H27NO6. The van der Waals surface area contributed by atoms with Crippen molar-refractivity contribution in [1.29, 1.82) is 0 Å². The van der Waals surface area contributed by atoms with Gasteiger partial charge in [0.1, 0.15) is 0 Å². The summed E-state index contributed by atoms with van der Waals surface area (Å²) in [6, 6.07) is -0.998. The molecule has 3 unspecified atom stereocenters. The Morgan fingerprint density at radius 3 is 2.46 bits per heavy atom. The van der Waals surface area contributed by atoms with Gasteiger partial charge in [-0.25, -0.2) is 0 Å². The number of carbonyl (C=O) groups excluding carboxylic acids is 1. The Morgan fingerprint density at radius 1 is 1.46 bits per heavy atom. The molecule has 0 amide bonds. The monoisotopic (exact) mass is 341 g/mol. The van der Waals surface area contributed by atoms with E-state index in [4.69, 9.17) is 9.84 Å². The molecule has 7 heteroatoms. The van der Waals surface area contributed by atoms with Crippen LogP contribution >= 0.6 is 0 Å². The van der Waals surface area contributed by atoms with Crippen LogP contribution in [-0.4, -0.2) is 34.1 Å². The van der Waals surface area contributed by atoms with Gasteiger partial charge < -0.3 is 9.84 Å². The van der Waals surface area contributed by atoms with Crippen LogP contribution in [-0.2, 0) is 14.3 Å². The van der Waals surface area contributed by atoms with Crippen LogP contribution in [0.25, 0.3) is 0 Å². The highest BCUT2D eigenvalue weighted by molar-refractivity contribution is 5.67. The number of carboxylic acid groups (broad SMARTS) is 1. The van der Waals surface area contributed by atoms with Gasteiger partial charge in [-0.15, -0.1) is 0 Å². The molecule has 0 bridgehead atoms. The Hall–Kier alpha value is -1.92. The first-order chi connectivity index (χ1) is 10.9. The zero-order valence-electron chi connectivity index (χ0n) is 15.0. The Labute approximate surface area is 142 Å². The number of rotatable bonds is 7. The molecular weight excluding hydrogens is 314 g/mol. The minimum Gasteiger partial charge on any atom is -0.481 e. The van der Waals surface area contributed by atoms with Crippen molar-refractivity contribution in [3.63, 3.8) is 0 Å². The first-order valence-corrected chi connectivity index (χ1v) is 8.15. The molecule has 1 aliphatic carbocycles. The maximum Gasteiger partial charge on any atom is 0.303 e. The molecule has 0 saturated heterocycles. The van der Waals surface area contributed by atoms with Crippen molar-refractivity contribution in [2.45, 2.75) is 72.4 Å². The normalized spacial score (nSPS) is 22.6. The Balaban J connectivity index is 3.05. The fourth-order valence-corrected chi connectivity index (χ4v) is 3.75. The Bertz CT molecular complexity index is 551. The second kappa shape index (κ2) is 7.77. The van der Waals surface area contributed by atoms with E-state index in [-0.39, 0.29) is 17.8 Å². The van der Waals surface area contributed by atoms with Gasteiger partial charge in [0.2, 0.25) is 6.04 Å². The number of esters is 1. The third-order valence-corrected chi connectivity index (χ3v) is 4.78. The highest BCUT2D eigenvalue weighted by Gasteiger charge is 2.39. The van der Waals surface area contributed by atoms with E-state index in [1.54, 1.807) is 0 Å². The number of nitro groups is 1. The first-order valence-electron chi connectivity index (χ1n) is 8.15. The van der Waals surface area contributed by atoms with Gasteiger partial charge in [0.15, 0.2) is 6.10 Å². The van der Waals surface area contributed by atoms with Crippen molar-refractivity contribution in [2.24, 2.45) is 11.3 Å².